The van der Waals surface area contributed by atoms with Crippen molar-refractivity contribution in [2.75, 3.05) is 18.0 Å². The minimum Gasteiger partial charge on any atom is -0.465 e. The van der Waals surface area contributed by atoms with Crippen molar-refractivity contribution >= 4 is 23.1 Å². The molecule has 0 atom stereocenters. The van der Waals surface area contributed by atoms with Crippen LogP contribution < -0.4 is 15.8 Å². The number of piperidine rings is 1. The summed E-state index contributed by atoms with van der Waals surface area (Å²) in [5, 5.41) is 17.8. The van der Waals surface area contributed by atoms with Crippen molar-refractivity contribution in [3.05, 3.63) is 34.4 Å². The second-order valence-corrected chi connectivity index (χ2v) is 7.56. The standard InChI is InChI=1S/C18H18F3N7O3/c1-17(25-16(30)31)4-7-28(8-5-17)15-23-13-10(14(29)24-15)11(26-27-13)9-3-2-6-22-12(9)18(19,20)21/h2-3,6,25H,4-5,7-8H2,1H3,(H,30,31)(H2,23,24,26,27,29). The van der Waals surface area contributed by atoms with Gasteiger partial charge in [0.15, 0.2) is 11.3 Å². The van der Waals surface area contributed by atoms with Gasteiger partial charge in [0.1, 0.15) is 11.1 Å². The van der Waals surface area contributed by atoms with Crippen LogP contribution in [-0.4, -0.2) is 55.0 Å². The number of pyridine rings is 1. The quantitative estimate of drug-likeness (QED) is 0.493. The Hall–Kier alpha value is -3.64. The van der Waals surface area contributed by atoms with E-state index in [4.69, 9.17) is 5.11 Å². The molecule has 0 saturated carbocycles. The lowest BCUT2D eigenvalue weighted by Crippen LogP contribution is -2.53. The number of anilines is 1. The minimum absolute atomic E-state index is 0.0442. The van der Waals surface area contributed by atoms with E-state index >= 15 is 0 Å². The minimum atomic E-state index is -4.72. The Labute approximate surface area is 172 Å². The van der Waals surface area contributed by atoms with Gasteiger partial charge in [-0.05, 0) is 31.9 Å². The van der Waals surface area contributed by atoms with Gasteiger partial charge in [0.2, 0.25) is 5.95 Å². The summed E-state index contributed by atoms with van der Waals surface area (Å²) in [6.45, 7) is 2.64. The number of fused-ring (bicyclic) bond motifs is 1. The summed E-state index contributed by atoms with van der Waals surface area (Å²) in [6.07, 6.45) is -3.83. The Balaban J connectivity index is 1.68. The normalized spacial score (nSPS) is 16.5. The second-order valence-electron chi connectivity index (χ2n) is 7.56. The van der Waals surface area contributed by atoms with E-state index in [0.717, 1.165) is 6.20 Å². The highest BCUT2D eigenvalue weighted by Gasteiger charge is 2.37. The molecule has 31 heavy (non-hydrogen) atoms. The van der Waals surface area contributed by atoms with E-state index in [2.05, 4.69) is 30.5 Å². The molecule has 0 aliphatic carbocycles. The van der Waals surface area contributed by atoms with Crippen LogP contribution in [0.5, 0.6) is 0 Å². The number of carboxylic acid groups (broad SMARTS) is 1. The molecule has 0 spiro atoms. The first-order chi connectivity index (χ1) is 14.6. The van der Waals surface area contributed by atoms with E-state index in [9.17, 15) is 22.8 Å². The predicted molar refractivity (Wildman–Crippen MR) is 104 cm³/mol. The van der Waals surface area contributed by atoms with Gasteiger partial charge in [-0.2, -0.15) is 23.3 Å². The molecule has 1 amide bonds. The zero-order valence-electron chi connectivity index (χ0n) is 16.2. The van der Waals surface area contributed by atoms with Crippen LogP contribution in [0.3, 0.4) is 0 Å². The van der Waals surface area contributed by atoms with Gasteiger partial charge < -0.3 is 15.3 Å². The number of alkyl halides is 3. The zero-order valence-corrected chi connectivity index (χ0v) is 16.2. The number of amides is 1. The summed E-state index contributed by atoms with van der Waals surface area (Å²) in [6, 6.07) is 2.52. The lowest BCUT2D eigenvalue weighted by atomic mass is 9.90. The lowest BCUT2D eigenvalue weighted by Gasteiger charge is -2.39. The highest BCUT2D eigenvalue weighted by atomic mass is 19.4. The van der Waals surface area contributed by atoms with E-state index in [1.54, 1.807) is 11.8 Å². The van der Waals surface area contributed by atoms with Crippen molar-refractivity contribution in [1.29, 1.82) is 0 Å². The van der Waals surface area contributed by atoms with E-state index in [1.807, 2.05) is 0 Å². The highest BCUT2D eigenvalue weighted by molar-refractivity contribution is 5.91. The summed E-state index contributed by atoms with van der Waals surface area (Å²) in [5.74, 6) is 0.229. The molecule has 1 aliphatic rings. The molecule has 0 unspecified atom stereocenters. The maximum Gasteiger partial charge on any atom is 0.434 e. The van der Waals surface area contributed by atoms with Crippen molar-refractivity contribution < 1.29 is 23.1 Å². The Morgan fingerprint density at radius 1 is 1.32 bits per heavy atom. The molecule has 3 aromatic rings. The molecule has 0 aromatic carbocycles. The summed E-state index contributed by atoms with van der Waals surface area (Å²) in [4.78, 5) is 35.8. The van der Waals surface area contributed by atoms with E-state index in [-0.39, 0.29) is 28.2 Å². The Bertz CT molecular complexity index is 1200. The van der Waals surface area contributed by atoms with Gasteiger partial charge >= 0.3 is 12.3 Å². The average molecular weight is 437 g/mol. The number of hydrogen-bond donors (Lipinski definition) is 4. The molecule has 1 saturated heterocycles. The maximum absolute atomic E-state index is 13.3. The molecular formula is C18H18F3N7O3. The van der Waals surface area contributed by atoms with Crippen LogP contribution in [0.4, 0.5) is 23.9 Å². The number of H-pyrrole nitrogens is 2. The van der Waals surface area contributed by atoms with Gasteiger partial charge in [-0.15, -0.1) is 0 Å². The summed E-state index contributed by atoms with van der Waals surface area (Å²) < 4.78 is 40.0. The van der Waals surface area contributed by atoms with Crippen molar-refractivity contribution in [3.8, 4) is 11.3 Å². The molecule has 164 valence electrons. The number of aromatic nitrogens is 5. The smallest absolute Gasteiger partial charge is 0.434 e. The molecule has 13 heteroatoms. The molecule has 4 rings (SSSR count). The number of aromatic amines is 2. The summed E-state index contributed by atoms with van der Waals surface area (Å²) >= 11 is 0. The van der Waals surface area contributed by atoms with Crippen LogP contribution >= 0.6 is 0 Å². The van der Waals surface area contributed by atoms with Gasteiger partial charge in [-0.25, -0.2) is 4.79 Å². The highest BCUT2D eigenvalue weighted by Crippen LogP contribution is 2.36. The van der Waals surface area contributed by atoms with Crippen LogP contribution in [0.15, 0.2) is 23.1 Å². The zero-order chi connectivity index (χ0) is 22.4. The molecule has 4 N–H and O–H groups in total. The van der Waals surface area contributed by atoms with E-state index in [0.29, 0.717) is 25.9 Å². The van der Waals surface area contributed by atoms with Crippen LogP contribution in [0, 0.1) is 0 Å². The van der Waals surface area contributed by atoms with Gasteiger partial charge in [-0.3, -0.25) is 19.9 Å². The molecule has 4 heterocycles. The number of rotatable bonds is 3. The number of carbonyl (C=O) groups is 1. The molecule has 0 radical (unpaired) electrons. The predicted octanol–water partition coefficient (Wildman–Crippen LogP) is 2.35. The second kappa shape index (κ2) is 7.25. The van der Waals surface area contributed by atoms with Gasteiger partial charge in [0.25, 0.3) is 5.56 Å². The van der Waals surface area contributed by atoms with Crippen LogP contribution in [-0.2, 0) is 6.18 Å². The van der Waals surface area contributed by atoms with Gasteiger partial charge in [0, 0.05) is 30.4 Å². The number of nitrogens with one attached hydrogen (secondary N) is 3. The van der Waals surface area contributed by atoms with Crippen molar-refractivity contribution in [2.24, 2.45) is 0 Å². The molecule has 0 bridgehead atoms. The summed E-state index contributed by atoms with van der Waals surface area (Å²) in [7, 11) is 0. The average Bonchev–Trinajstić information content (AvgIpc) is 3.11. The molecule has 10 nitrogen and oxygen atoms in total. The van der Waals surface area contributed by atoms with Crippen LogP contribution in [0.25, 0.3) is 22.3 Å². The molecule has 1 aliphatic heterocycles. The Morgan fingerprint density at radius 2 is 2.03 bits per heavy atom. The van der Waals surface area contributed by atoms with Crippen molar-refractivity contribution in [3.63, 3.8) is 0 Å². The maximum atomic E-state index is 13.3. The fraction of sp³-hybridized carbons (Fsp3) is 0.389. The summed E-state index contributed by atoms with van der Waals surface area (Å²) in [5.41, 5.74) is -2.85. The molecular weight excluding hydrogens is 419 g/mol. The van der Waals surface area contributed by atoms with Gasteiger partial charge in [-0.1, -0.05) is 0 Å². The van der Waals surface area contributed by atoms with E-state index in [1.165, 1.54) is 12.1 Å². The first-order valence-electron chi connectivity index (χ1n) is 9.34. The number of hydrogen-bond acceptors (Lipinski definition) is 6. The van der Waals surface area contributed by atoms with E-state index < -0.39 is 29.1 Å². The topological polar surface area (TPSA) is 140 Å². The monoisotopic (exact) mass is 437 g/mol. The lowest BCUT2D eigenvalue weighted by molar-refractivity contribution is -0.140. The Morgan fingerprint density at radius 3 is 2.68 bits per heavy atom. The first kappa shape index (κ1) is 20.6. The SMILES string of the molecule is CC1(NC(=O)O)CCN(c2nc3[nH]nc(-c4cccnc4C(F)(F)F)c3c(=O)[nH]2)CC1. The molecule has 3 aromatic heterocycles. The van der Waals surface area contributed by atoms with Crippen molar-refractivity contribution in [1.82, 2.24) is 30.5 Å². The van der Waals surface area contributed by atoms with Crippen LogP contribution in [0.1, 0.15) is 25.5 Å². The molecule has 1 fully saturated rings. The number of nitrogens with zero attached hydrogens (tertiary/aromatic N) is 4. The fourth-order valence-electron chi connectivity index (χ4n) is 3.69. The van der Waals surface area contributed by atoms with Crippen LogP contribution in [0.2, 0.25) is 0 Å². The third-order valence-corrected chi connectivity index (χ3v) is 5.32. The Kier molecular flexibility index (Phi) is 4.82. The third-order valence-electron chi connectivity index (χ3n) is 5.32. The first-order valence-corrected chi connectivity index (χ1v) is 9.34. The third kappa shape index (κ3) is 3.90. The van der Waals surface area contributed by atoms with Gasteiger partial charge in [0.05, 0.1) is 0 Å². The number of halogens is 3. The van der Waals surface area contributed by atoms with Crippen molar-refractivity contribution in [2.45, 2.75) is 31.5 Å². The fourth-order valence-corrected chi connectivity index (χ4v) is 3.69. The largest absolute Gasteiger partial charge is 0.465 e.